The molecule has 0 bridgehead atoms. The van der Waals surface area contributed by atoms with Gasteiger partial charge in [-0.3, -0.25) is 4.79 Å². The maximum absolute atomic E-state index is 11.8. The van der Waals surface area contributed by atoms with Crippen LogP contribution in [0.3, 0.4) is 0 Å². The first-order valence-corrected chi connectivity index (χ1v) is 7.12. The van der Waals surface area contributed by atoms with Gasteiger partial charge in [0, 0.05) is 39.3 Å². The number of carbonyl (C=O) groups excluding carboxylic acids is 1. The first kappa shape index (κ1) is 14.7. The second kappa shape index (κ2) is 6.17. The van der Waals surface area contributed by atoms with Crippen LogP contribution in [0.25, 0.3) is 0 Å². The number of amides is 1. The van der Waals surface area contributed by atoms with Gasteiger partial charge in [0.1, 0.15) is 5.82 Å². The predicted molar refractivity (Wildman–Crippen MR) is 84.0 cm³/mol. The van der Waals surface area contributed by atoms with Crippen molar-refractivity contribution in [2.75, 3.05) is 25.5 Å². The maximum Gasteiger partial charge on any atom is 0.254 e. The van der Waals surface area contributed by atoms with Crippen molar-refractivity contribution in [3.63, 3.8) is 0 Å². The Balaban J connectivity index is 2.10. The first-order chi connectivity index (χ1) is 9.49. The highest BCUT2D eigenvalue weighted by molar-refractivity contribution is 7.80. The SMILES string of the molecule is CN(C)C(=O)c1ccc(N(CCC(N)=S)C2CC2)nc1. The van der Waals surface area contributed by atoms with Gasteiger partial charge in [-0.05, 0) is 25.0 Å². The molecule has 0 spiro atoms. The van der Waals surface area contributed by atoms with Crippen molar-refractivity contribution >= 4 is 28.9 Å². The zero-order valence-corrected chi connectivity index (χ0v) is 12.7. The Morgan fingerprint density at radius 3 is 2.60 bits per heavy atom. The normalized spacial score (nSPS) is 13.9. The van der Waals surface area contributed by atoms with Gasteiger partial charge in [-0.15, -0.1) is 0 Å². The van der Waals surface area contributed by atoms with Crippen LogP contribution in [-0.4, -0.2) is 47.5 Å². The predicted octanol–water partition coefficient (Wildman–Crippen LogP) is 1.43. The summed E-state index contributed by atoms with van der Waals surface area (Å²) in [6.45, 7) is 0.786. The summed E-state index contributed by atoms with van der Waals surface area (Å²) in [6.07, 6.45) is 4.68. The van der Waals surface area contributed by atoms with Crippen LogP contribution in [0.1, 0.15) is 29.6 Å². The molecule has 5 nitrogen and oxygen atoms in total. The van der Waals surface area contributed by atoms with Crippen molar-refractivity contribution in [2.24, 2.45) is 5.73 Å². The molecule has 1 amide bonds. The number of rotatable bonds is 6. The maximum atomic E-state index is 11.8. The summed E-state index contributed by atoms with van der Waals surface area (Å²) in [4.78, 5) is 20.5. The molecule has 6 heteroatoms. The van der Waals surface area contributed by atoms with Gasteiger partial charge >= 0.3 is 0 Å². The smallest absolute Gasteiger partial charge is 0.254 e. The van der Waals surface area contributed by atoms with Gasteiger partial charge < -0.3 is 15.5 Å². The molecule has 20 heavy (non-hydrogen) atoms. The summed E-state index contributed by atoms with van der Waals surface area (Å²) < 4.78 is 0. The van der Waals surface area contributed by atoms with Gasteiger partial charge in [0.25, 0.3) is 5.91 Å². The van der Waals surface area contributed by atoms with Crippen LogP contribution in [0.4, 0.5) is 5.82 Å². The molecular formula is C14H20N4OS. The first-order valence-electron chi connectivity index (χ1n) is 6.71. The van der Waals surface area contributed by atoms with Crippen LogP contribution in [0.15, 0.2) is 18.3 Å². The van der Waals surface area contributed by atoms with Gasteiger partial charge in [-0.25, -0.2) is 4.98 Å². The fourth-order valence-electron chi connectivity index (χ4n) is 2.04. The second-order valence-electron chi connectivity index (χ2n) is 5.25. The molecule has 1 aliphatic rings. The number of thiocarbonyl (C=S) groups is 1. The van der Waals surface area contributed by atoms with Gasteiger partial charge in [-0.1, -0.05) is 12.2 Å². The number of nitrogens with two attached hydrogens (primary N) is 1. The number of hydrogen-bond donors (Lipinski definition) is 1. The molecule has 1 aromatic rings. The highest BCUT2D eigenvalue weighted by atomic mass is 32.1. The Hall–Kier alpha value is -1.69. The molecule has 108 valence electrons. The summed E-state index contributed by atoms with van der Waals surface area (Å²) in [5.74, 6) is 0.851. The molecule has 0 saturated heterocycles. The summed E-state index contributed by atoms with van der Waals surface area (Å²) in [5.41, 5.74) is 6.17. The molecule has 1 saturated carbocycles. The average Bonchev–Trinajstić information content (AvgIpc) is 3.23. The van der Waals surface area contributed by atoms with Gasteiger partial charge in [-0.2, -0.15) is 0 Å². The minimum absolute atomic E-state index is 0.0369. The zero-order valence-electron chi connectivity index (χ0n) is 11.9. The number of carbonyl (C=O) groups is 1. The molecular weight excluding hydrogens is 272 g/mol. The third kappa shape index (κ3) is 3.66. The van der Waals surface area contributed by atoms with Crippen LogP contribution < -0.4 is 10.6 Å². The average molecular weight is 292 g/mol. The minimum Gasteiger partial charge on any atom is -0.393 e. The lowest BCUT2D eigenvalue weighted by Gasteiger charge is -2.23. The third-order valence-corrected chi connectivity index (χ3v) is 3.49. The van der Waals surface area contributed by atoms with Crippen LogP contribution in [-0.2, 0) is 0 Å². The van der Waals surface area contributed by atoms with Crippen molar-refractivity contribution in [1.29, 1.82) is 0 Å². The van der Waals surface area contributed by atoms with Gasteiger partial charge in [0.15, 0.2) is 0 Å². The molecule has 1 aromatic heterocycles. The van der Waals surface area contributed by atoms with Gasteiger partial charge in [0.2, 0.25) is 0 Å². The Morgan fingerprint density at radius 2 is 2.15 bits per heavy atom. The second-order valence-corrected chi connectivity index (χ2v) is 5.77. The van der Waals surface area contributed by atoms with E-state index in [1.807, 2.05) is 12.1 Å². The van der Waals surface area contributed by atoms with Crippen molar-refractivity contribution in [1.82, 2.24) is 9.88 Å². The lowest BCUT2D eigenvalue weighted by molar-refractivity contribution is 0.0827. The van der Waals surface area contributed by atoms with E-state index in [4.69, 9.17) is 18.0 Å². The Morgan fingerprint density at radius 1 is 1.45 bits per heavy atom. The van der Waals surface area contributed by atoms with Crippen LogP contribution in [0.2, 0.25) is 0 Å². The molecule has 0 radical (unpaired) electrons. The van der Waals surface area contributed by atoms with E-state index in [2.05, 4.69) is 9.88 Å². The number of hydrogen-bond acceptors (Lipinski definition) is 4. The Labute approximate surface area is 124 Å². The van der Waals surface area contributed by atoms with Crippen molar-refractivity contribution in [2.45, 2.75) is 25.3 Å². The Bertz CT molecular complexity index is 496. The minimum atomic E-state index is -0.0369. The molecule has 0 unspecified atom stereocenters. The molecule has 2 rings (SSSR count). The van der Waals surface area contributed by atoms with Crippen LogP contribution in [0, 0.1) is 0 Å². The van der Waals surface area contributed by atoms with E-state index in [0.29, 0.717) is 23.0 Å². The molecule has 1 aliphatic carbocycles. The molecule has 1 heterocycles. The highest BCUT2D eigenvalue weighted by Crippen LogP contribution is 2.30. The molecule has 0 aromatic carbocycles. The summed E-state index contributed by atoms with van der Waals surface area (Å²) in [6, 6.07) is 4.25. The number of pyridine rings is 1. The summed E-state index contributed by atoms with van der Waals surface area (Å²) in [5, 5.41) is 0. The lowest BCUT2D eigenvalue weighted by Crippen LogP contribution is -2.30. The fraction of sp³-hybridized carbons (Fsp3) is 0.500. The quantitative estimate of drug-likeness (QED) is 0.804. The number of anilines is 1. The van der Waals surface area contributed by atoms with Crippen LogP contribution >= 0.6 is 12.2 Å². The Kier molecular flexibility index (Phi) is 4.54. The van der Waals surface area contributed by atoms with Gasteiger partial charge in [0.05, 0.1) is 10.6 Å². The van der Waals surface area contributed by atoms with Crippen LogP contribution in [0.5, 0.6) is 0 Å². The highest BCUT2D eigenvalue weighted by Gasteiger charge is 2.29. The van der Waals surface area contributed by atoms with E-state index in [0.717, 1.165) is 12.4 Å². The van der Waals surface area contributed by atoms with Crippen molar-refractivity contribution in [3.8, 4) is 0 Å². The molecule has 2 N–H and O–H groups in total. The molecule has 1 fully saturated rings. The van der Waals surface area contributed by atoms with E-state index in [1.54, 1.807) is 25.2 Å². The number of aromatic nitrogens is 1. The fourth-order valence-corrected chi connectivity index (χ4v) is 2.13. The summed E-state index contributed by atoms with van der Waals surface area (Å²) >= 11 is 4.94. The molecule has 0 atom stereocenters. The van der Waals surface area contributed by atoms with E-state index in [1.165, 1.54) is 12.8 Å². The standard InChI is InChI=1S/C14H20N4OS/c1-17(2)14(19)10-3-6-13(16-9-10)18(11-4-5-11)8-7-12(15)20/h3,6,9,11H,4-5,7-8H2,1-2H3,(H2,15,20). The summed E-state index contributed by atoms with van der Waals surface area (Å²) in [7, 11) is 3.46. The topological polar surface area (TPSA) is 62.5 Å². The third-order valence-electron chi connectivity index (χ3n) is 3.28. The lowest BCUT2D eigenvalue weighted by atomic mass is 10.2. The largest absolute Gasteiger partial charge is 0.393 e. The monoisotopic (exact) mass is 292 g/mol. The van der Waals surface area contributed by atoms with E-state index < -0.39 is 0 Å². The van der Waals surface area contributed by atoms with E-state index in [-0.39, 0.29) is 5.91 Å². The van der Waals surface area contributed by atoms with Crippen molar-refractivity contribution in [3.05, 3.63) is 23.9 Å². The molecule has 0 aliphatic heterocycles. The zero-order chi connectivity index (χ0) is 14.7. The number of nitrogens with zero attached hydrogens (tertiary/aromatic N) is 3. The van der Waals surface area contributed by atoms with E-state index >= 15 is 0 Å². The van der Waals surface area contributed by atoms with Crippen molar-refractivity contribution < 1.29 is 4.79 Å². The van der Waals surface area contributed by atoms with E-state index in [9.17, 15) is 4.79 Å².